The van der Waals surface area contributed by atoms with Gasteiger partial charge in [0.05, 0.1) is 0 Å². The standard InChI is InChI=1S/C8H13NO3/c1-5-6(10)9(4)8(2,3)7(11)12/h5H,1H2,2-4H3,(H,11,12). The Bertz CT molecular complexity index is 220. The number of hydrogen-bond acceptors (Lipinski definition) is 2. The summed E-state index contributed by atoms with van der Waals surface area (Å²) in [4.78, 5) is 22.8. The van der Waals surface area contributed by atoms with Gasteiger partial charge in [0.1, 0.15) is 5.54 Å². The Morgan fingerprint density at radius 3 is 2.17 bits per heavy atom. The fourth-order valence-corrected chi connectivity index (χ4v) is 0.556. The van der Waals surface area contributed by atoms with Gasteiger partial charge in [-0.2, -0.15) is 0 Å². The predicted molar refractivity (Wildman–Crippen MR) is 44.7 cm³/mol. The van der Waals surface area contributed by atoms with Crippen LogP contribution in [0.3, 0.4) is 0 Å². The molecule has 0 aliphatic rings. The molecule has 0 fully saturated rings. The first-order chi connectivity index (χ1) is 5.34. The molecule has 12 heavy (non-hydrogen) atoms. The zero-order chi connectivity index (χ0) is 9.94. The lowest BCUT2D eigenvalue weighted by Crippen LogP contribution is -2.50. The van der Waals surface area contributed by atoms with Crippen molar-refractivity contribution in [1.29, 1.82) is 0 Å². The first-order valence-electron chi connectivity index (χ1n) is 3.47. The van der Waals surface area contributed by atoms with Gasteiger partial charge in [-0.3, -0.25) is 4.79 Å². The average Bonchev–Trinajstić information content (AvgIpc) is 2.01. The van der Waals surface area contributed by atoms with Crippen LogP contribution in [-0.4, -0.2) is 34.5 Å². The molecule has 0 saturated carbocycles. The lowest BCUT2D eigenvalue weighted by atomic mass is 10.0. The first kappa shape index (κ1) is 10.7. The molecule has 0 unspecified atom stereocenters. The highest BCUT2D eigenvalue weighted by Gasteiger charge is 2.33. The van der Waals surface area contributed by atoms with Gasteiger partial charge in [0.2, 0.25) is 5.91 Å². The lowest BCUT2D eigenvalue weighted by Gasteiger charge is -2.30. The second-order valence-corrected chi connectivity index (χ2v) is 2.97. The fourth-order valence-electron chi connectivity index (χ4n) is 0.556. The summed E-state index contributed by atoms with van der Waals surface area (Å²) in [6.07, 6.45) is 1.09. The maximum absolute atomic E-state index is 11.0. The van der Waals surface area contributed by atoms with Gasteiger partial charge in [-0.15, -0.1) is 0 Å². The minimum absolute atomic E-state index is 0.401. The predicted octanol–water partition coefficient (Wildman–Crippen LogP) is 0.494. The second kappa shape index (κ2) is 3.38. The summed E-state index contributed by atoms with van der Waals surface area (Å²) in [7, 11) is 1.43. The van der Waals surface area contributed by atoms with Crippen molar-refractivity contribution in [3.8, 4) is 0 Å². The summed E-state index contributed by atoms with van der Waals surface area (Å²) in [6.45, 7) is 6.18. The SMILES string of the molecule is C=CC(=O)N(C)C(C)(C)C(=O)O. The minimum atomic E-state index is -1.19. The van der Waals surface area contributed by atoms with Crippen molar-refractivity contribution in [2.45, 2.75) is 19.4 Å². The van der Waals surface area contributed by atoms with E-state index in [0.717, 1.165) is 11.0 Å². The first-order valence-corrected chi connectivity index (χ1v) is 3.47. The summed E-state index contributed by atoms with van der Waals surface area (Å²) in [5.74, 6) is -1.44. The Labute approximate surface area is 71.5 Å². The minimum Gasteiger partial charge on any atom is -0.480 e. The normalized spacial score (nSPS) is 10.6. The van der Waals surface area contributed by atoms with E-state index in [1.54, 1.807) is 0 Å². The smallest absolute Gasteiger partial charge is 0.329 e. The van der Waals surface area contributed by atoms with E-state index in [1.165, 1.54) is 20.9 Å². The molecule has 0 bridgehead atoms. The summed E-state index contributed by atoms with van der Waals surface area (Å²) >= 11 is 0. The van der Waals surface area contributed by atoms with Gasteiger partial charge < -0.3 is 10.0 Å². The van der Waals surface area contributed by atoms with E-state index in [2.05, 4.69) is 6.58 Å². The van der Waals surface area contributed by atoms with Crippen LogP contribution in [0.5, 0.6) is 0 Å². The average molecular weight is 171 g/mol. The molecule has 0 aromatic heterocycles. The number of carboxylic acid groups (broad SMARTS) is 1. The van der Waals surface area contributed by atoms with Crippen molar-refractivity contribution in [3.05, 3.63) is 12.7 Å². The zero-order valence-corrected chi connectivity index (χ0v) is 7.50. The highest BCUT2D eigenvalue weighted by Crippen LogP contribution is 2.12. The van der Waals surface area contributed by atoms with Gasteiger partial charge in [-0.05, 0) is 19.9 Å². The Morgan fingerprint density at radius 1 is 1.50 bits per heavy atom. The van der Waals surface area contributed by atoms with E-state index >= 15 is 0 Å². The number of aliphatic carboxylic acids is 1. The molecule has 0 atom stereocenters. The Kier molecular flexibility index (Phi) is 3.01. The molecule has 68 valence electrons. The number of carbonyl (C=O) groups excluding carboxylic acids is 1. The number of amides is 1. The van der Waals surface area contributed by atoms with Gasteiger partial charge in [0, 0.05) is 7.05 Å². The molecule has 0 aromatic carbocycles. The molecule has 1 amide bonds. The third-order valence-electron chi connectivity index (χ3n) is 1.87. The van der Waals surface area contributed by atoms with Crippen LogP contribution in [0.2, 0.25) is 0 Å². The van der Waals surface area contributed by atoms with Crippen molar-refractivity contribution < 1.29 is 14.7 Å². The number of likely N-dealkylation sites (N-methyl/N-ethyl adjacent to an activating group) is 1. The van der Waals surface area contributed by atoms with Gasteiger partial charge in [-0.25, -0.2) is 4.79 Å². The van der Waals surface area contributed by atoms with Crippen molar-refractivity contribution >= 4 is 11.9 Å². The molecule has 0 aromatic rings. The molecule has 0 radical (unpaired) electrons. The number of nitrogens with zero attached hydrogens (tertiary/aromatic N) is 1. The summed E-state index contributed by atoms with van der Waals surface area (Å²) in [5.41, 5.74) is -1.19. The lowest BCUT2D eigenvalue weighted by molar-refractivity contribution is -0.153. The highest BCUT2D eigenvalue weighted by atomic mass is 16.4. The third kappa shape index (κ3) is 1.84. The van der Waals surface area contributed by atoms with Crippen LogP contribution < -0.4 is 0 Å². The van der Waals surface area contributed by atoms with E-state index < -0.39 is 17.4 Å². The number of carboxylic acids is 1. The summed E-state index contributed by atoms with van der Waals surface area (Å²) in [6, 6.07) is 0. The number of rotatable bonds is 3. The molecule has 0 aliphatic carbocycles. The fraction of sp³-hybridized carbons (Fsp3) is 0.500. The van der Waals surface area contributed by atoms with E-state index in [1.807, 2.05) is 0 Å². The molecule has 0 rings (SSSR count). The van der Waals surface area contributed by atoms with E-state index in [9.17, 15) is 9.59 Å². The third-order valence-corrected chi connectivity index (χ3v) is 1.87. The van der Waals surface area contributed by atoms with E-state index in [4.69, 9.17) is 5.11 Å². The largest absolute Gasteiger partial charge is 0.480 e. The molecular formula is C8H13NO3. The van der Waals surface area contributed by atoms with Crippen molar-refractivity contribution in [2.24, 2.45) is 0 Å². The maximum atomic E-state index is 11.0. The van der Waals surface area contributed by atoms with Gasteiger partial charge >= 0.3 is 5.97 Å². The van der Waals surface area contributed by atoms with Crippen molar-refractivity contribution in [1.82, 2.24) is 4.90 Å². The Morgan fingerprint density at radius 2 is 1.92 bits per heavy atom. The molecule has 4 nitrogen and oxygen atoms in total. The van der Waals surface area contributed by atoms with Gasteiger partial charge in [0.15, 0.2) is 0 Å². The highest BCUT2D eigenvalue weighted by molar-refractivity contribution is 5.92. The molecule has 1 N–H and O–H groups in total. The maximum Gasteiger partial charge on any atom is 0.329 e. The molecule has 4 heteroatoms. The molecular weight excluding hydrogens is 158 g/mol. The monoisotopic (exact) mass is 171 g/mol. The number of hydrogen-bond donors (Lipinski definition) is 1. The molecule has 0 spiro atoms. The van der Waals surface area contributed by atoms with Gasteiger partial charge in [0.25, 0.3) is 0 Å². The zero-order valence-electron chi connectivity index (χ0n) is 7.50. The summed E-state index contributed by atoms with van der Waals surface area (Å²) in [5, 5.41) is 8.73. The van der Waals surface area contributed by atoms with E-state index in [-0.39, 0.29) is 0 Å². The van der Waals surface area contributed by atoms with E-state index in [0.29, 0.717) is 0 Å². The van der Waals surface area contributed by atoms with Crippen LogP contribution in [0.15, 0.2) is 12.7 Å². The van der Waals surface area contributed by atoms with Gasteiger partial charge in [-0.1, -0.05) is 6.58 Å². The van der Waals surface area contributed by atoms with Crippen LogP contribution in [0, 0.1) is 0 Å². The molecule has 0 aliphatic heterocycles. The van der Waals surface area contributed by atoms with Crippen LogP contribution in [-0.2, 0) is 9.59 Å². The van der Waals surface area contributed by atoms with Crippen LogP contribution in [0.1, 0.15) is 13.8 Å². The second-order valence-electron chi connectivity index (χ2n) is 2.97. The topological polar surface area (TPSA) is 57.6 Å². The summed E-state index contributed by atoms with van der Waals surface area (Å²) < 4.78 is 0. The molecule has 0 heterocycles. The van der Waals surface area contributed by atoms with Crippen LogP contribution in [0.25, 0.3) is 0 Å². The van der Waals surface area contributed by atoms with Crippen molar-refractivity contribution in [3.63, 3.8) is 0 Å². The Balaban J connectivity index is 4.67. The molecule has 0 saturated heterocycles. The van der Waals surface area contributed by atoms with Crippen LogP contribution >= 0.6 is 0 Å². The quantitative estimate of drug-likeness (QED) is 0.629. The Hall–Kier alpha value is -1.32. The van der Waals surface area contributed by atoms with Crippen molar-refractivity contribution in [2.75, 3.05) is 7.05 Å². The van der Waals surface area contributed by atoms with Crippen LogP contribution in [0.4, 0.5) is 0 Å². The number of carbonyl (C=O) groups is 2.